The number of amides is 1. The minimum absolute atomic E-state index is 0.197. The van der Waals surface area contributed by atoms with E-state index in [2.05, 4.69) is 21.4 Å². The maximum Gasteiger partial charge on any atom is 0.272 e. The normalized spacial score (nSPS) is 18.3. The van der Waals surface area contributed by atoms with E-state index < -0.39 is 5.92 Å². The van der Waals surface area contributed by atoms with Crippen molar-refractivity contribution in [2.45, 2.75) is 19.3 Å². The summed E-state index contributed by atoms with van der Waals surface area (Å²) in [6.07, 6.45) is 4.67. The van der Waals surface area contributed by atoms with Gasteiger partial charge in [0.05, 0.1) is 17.9 Å². The molecule has 6 nitrogen and oxygen atoms in total. The monoisotopic (exact) mass is 393 g/mol. The molecule has 1 aliphatic carbocycles. The van der Waals surface area contributed by atoms with E-state index in [4.69, 9.17) is 11.0 Å². The molecule has 0 saturated heterocycles. The first-order chi connectivity index (χ1) is 13.8. The number of nitrogens with one attached hydrogen (secondary N) is 1. The van der Waals surface area contributed by atoms with Gasteiger partial charge in [-0.2, -0.15) is 5.26 Å². The van der Waals surface area contributed by atoms with Crippen LogP contribution < -0.4 is 11.1 Å². The zero-order valence-electron chi connectivity index (χ0n) is 15.5. The number of nitriles is 1. The number of rotatable bonds is 4. The molecule has 1 amide bonds. The highest BCUT2D eigenvalue weighted by Gasteiger charge is 2.43. The molecule has 1 aliphatic rings. The number of nitrogens with zero attached hydrogens (tertiary/aromatic N) is 3. The number of fused-ring (bicyclic) bond motifs is 1. The second-order valence-electron chi connectivity index (χ2n) is 7.23. The van der Waals surface area contributed by atoms with Gasteiger partial charge in [-0.1, -0.05) is 0 Å². The summed E-state index contributed by atoms with van der Waals surface area (Å²) in [7, 11) is 0. The SMILES string of the molecule is CC(F)(F)c1cnccc1-c1cc(N)c2cnc(NC(=O)[C@H]3CC3C#N)cc2c1. The Hall–Kier alpha value is -3.60. The van der Waals surface area contributed by atoms with E-state index in [0.717, 1.165) is 13.1 Å². The third-order valence-electron chi connectivity index (χ3n) is 5.02. The Labute approximate surface area is 165 Å². The summed E-state index contributed by atoms with van der Waals surface area (Å²) in [5.74, 6) is -3.57. The Morgan fingerprint density at radius 2 is 2.14 bits per heavy atom. The molecule has 1 saturated carbocycles. The number of carbonyl (C=O) groups excluding carboxylic acids is 1. The fraction of sp³-hybridized carbons (Fsp3) is 0.238. The van der Waals surface area contributed by atoms with E-state index in [1.807, 2.05) is 0 Å². The van der Waals surface area contributed by atoms with Crippen LogP contribution in [0.1, 0.15) is 18.9 Å². The molecule has 1 aromatic carbocycles. The number of alkyl halides is 2. The molecule has 0 spiro atoms. The van der Waals surface area contributed by atoms with Crippen molar-refractivity contribution in [2.24, 2.45) is 11.8 Å². The molecule has 3 N–H and O–H groups in total. The number of benzene rings is 1. The van der Waals surface area contributed by atoms with Gasteiger partial charge in [0.15, 0.2) is 0 Å². The van der Waals surface area contributed by atoms with Crippen LogP contribution in [-0.4, -0.2) is 15.9 Å². The van der Waals surface area contributed by atoms with Gasteiger partial charge in [-0.25, -0.2) is 13.8 Å². The molecule has 2 atom stereocenters. The van der Waals surface area contributed by atoms with Crippen LogP contribution in [0.4, 0.5) is 20.3 Å². The predicted molar refractivity (Wildman–Crippen MR) is 105 cm³/mol. The molecule has 2 aromatic heterocycles. The second kappa shape index (κ2) is 6.78. The summed E-state index contributed by atoms with van der Waals surface area (Å²) < 4.78 is 28.0. The lowest BCUT2D eigenvalue weighted by molar-refractivity contribution is -0.117. The third kappa shape index (κ3) is 3.59. The van der Waals surface area contributed by atoms with Crippen molar-refractivity contribution < 1.29 is 13.6 Å². The lowest BCUT2D eigenvalue weighted by atomic mass is 9.96. The number of pyridine rings is 2. The lowest BCUT2D eigenvalue weighted by Crippen LogP contribution is -2.15. The molecule has 0 aliphatic heterocycles. The van der Waals surface area contributed by atoms with Crippen LogP contribution in [-0.2, 0) is 10.7 Å². The summed E-state index contributed by atoms with van der Waals surface area (Å²) in [6, 6.07) is 8.58. The van der Waals surface area contributed by atoms with Crippen molar-refractivity contribution in [1.29, 1.82) is 5.26 Å². The molecule has 1 fully saturated rings. The van der Waals surface area contributed by atoms with Gasteiger partial charge in [0, 0.05) is 42.2 Å². The molecule has 1 unspecified atom stereocenters. The average molecular weight is 393 g/mol. The number of hydrogen-bond acceptors (Lipinski definition) is 5. The van der Waals surface area contributed by atoms with Gasteiger partial charge in [0.1, 0.15) is 5.82 Å². The van der Waals surface area contributed by atoms with Crippen LogP contribution in [0, 0.1) is 23.2 Å². The maximum absolute atomic E-state index is 14.0. The van der Waals surface area contributed by atoms with Crippen LogP contribution >= 0.6 is 0 Å². The minimum Gasteiger partial charge on any atom is -0.398 e. The molecular weight excluding hydrogens is 376 g/mol. The smallest absolute Gasteiger partial charge is 0.272 e. The first-order valence-electron chi connectivity index (χ1n) is 9.00. The average Bonchev–Trinajstić information content (AvgIpc) is 3.47. The van der Waals surface area contributed by atoms with Crippen molar-refractivity contribution >= 4 is 28.2 Å². The predicted octanol–water partition coefficient (Wildman–Crippen LogP) is 4.09. The molecule has 0 bridgehead atoms. The van der Waals surface area contributed by atoms with Gasteiger partial charge in [-0.05, 0) is 47.2 Å². The summed E-state index contributed by atoms with van der Waals surface area (Å²) in [6.45, 7) is 0.821. The largest absolute Gasteiger partial charge is 0.398 e. The van der Waals surface area contributed by atoms with E-state index in [0.29, 0.717) is 39.8 Å². The van der Waals surface area contributed by atoms with Crippen molar-refractivity contribution in [1.82, 2.24) is 9.97 Å². The van der Waals surface area contributed by atoms with E-state index in [1.165, 1.54) is 18.5 Å². The zero-order chi connectivity index (χ0) is 20.8. The number of hydrogen-bond donors (Lipinski definition) is 2. The number of halogens is 2. The van der Waals surface area contributed by atoms with Crippen LogP contribution in [0.2, 0.25) is 0 Å². The van der Waals surface area contributed by atoms with Crippen molar-refractivity contribution in [3.63, 3.8) is 0 Å². The number of carbonyl (C=O) groups is 1. The summed E-state index contributed by atoms with van der Waals surface area (Å²) in [4.78, 5) is 20.2. The first-order valence-corrected chi connectivity index (χ1v) is 9.00. The zero-order valence-corrected chi connectivity index (χ0v) is 15.5. The molecular formula is C21H17F2N5O. The Balaban J connectivity index is 1.73. The van der Waals surface area contributed by atoms with Gasteiger partial charge in [-0.15, -0.1) is 0 Å². The van der Waals surface area contributed by atoms with Crippen molar-refractivity contribution in [2.75, 3.05) is 11.1 Å². The molecule has 2 heterocycles. The fourth-order valence-corrected chi connectivity index (χ4v) is 3.35. The van der Waals surface area contributed by atoms with Crippen LogP contribution in [0.25, 0.3) is 21.9 Å². The van der Waals surface area contributed by atoms with Gasteiger partial charge >= 0.3 is 0 Å². The lowest BCUT2D eigenvalue weighted by Gasteiger charge is -2.16. The van der Waals surface area contributed by atoms with E-state index in [9.17, 15) is 13.6 Å². The van der Waals surface area contributed by atoms with Crippen molar-refractivity contribution in [3.05, 3.63) is 48.4 Å². The highest BCUT2D eigenvalue weighted by Crippen LogP contribution is 2.39. The number of nitrogen functional groups attached to an aromatic ring is 1. The van der Waals surface area contributed by atoms with Crippen LogP contribution in [0.5, 0.6) is 0 Å². The molecule has 29 heavy (non-hydrogen) atoms. The Bertz CT molecular complexity index is 1170. The Kier molecular flexibility index (Phi) is 4.38. The molecule has 4 rings (SSSR count). The standard InChI is InChI=1S/C21H17F2N5O/c1-21(22,23)17-10-26-3-2-14(17)11-4-12-7-19(27-9-16(12)18(25)6-11)28-20(29)15-5-13(15)8-24/h2-4,6-7,9-10,13,15H,5,25H2,1H3,(H,27,28,29)/t13?,15-/m0/s1. The number of nitrogens with two attached hydrogens (primary N) is 1. The van der Waals surface area contributed by atoms with E-state index >= 15 is 0 Å². The summed E-state index contributed by atoms with van der Waals surface area (Å²) >= 11 is 0. The topological polar surface area (TPSA) is 105 Å². The first kappa shape index (κ1) is 18.7. The summed E-state index contributed by atoms with van der Waals surface area (Å²) in [5.41, 5.74) is 7.17. The molecule has 0 radical (unpaired) electrons. The Morgan fingerprint density at radius 1 is 1.34 bits per heavy atom. The maximum atomic E-state index is 14.0. The van der Waals surface area contributed by atoms with Gasteiger partial charge in [-0.3, -0.25) is 9.78 Å². The highest BCUT2D eigenvalue weighted by atomic mass is 19.3. The van der Waals surface area contributed by atoms with Gasteiger partial charge in [0.2, 0.25) is 5.91 Å². The fourth-order valence-electron chi connectivity index (χ4n) is 3.35. The molecule has 146 valence electrons. The highest BCUT2D eigenvalue weighted by molar-refractivity contribution is 6.00. The van der Waals surface area contributed by atoms with E-state index in [-0.39, 0.29) is 23.3 Å². The Morgan fingerprint density at radius 3 is 2.83 bits per heavy atom. The van der Waals surface area contributed by atoms with Gasteiger partial charge in [0.25, 0.3) is 5.92 Å². The van der Waals surface area contributed by atoms with Crippen LogP contribution in [0.15, 0.2) is 42.9 Å². The number of anilines is 2. The van der Waals surface area contributed by atoms with Crippen molar-refractivity contribution in [3.8, 4) is 17.2 Å². The van der Waals surface area contributed by atoms with Gasteiger partial charge < -0.3 is 11.1 Å². The minimum atomic E-state index is -3.06. The quantitative estimate of drug-likeness (QED) is 0.650. The second-order valence-corrected chi connectivity index (χ2v) is 7.23. The summed E-state index contributed by atoms with van der Waals surface area (Å²) in [5, 5.41) is 12.9. The number of aromatic nitrogens is 2. The molecule has 3 aromatic rings. The van der Waals surface area contributed by atoms with Crippen LogP contribution in [0.3, 0.4) is 0 Å². The third-order valence-corrected chi connectivity index (χ3v) is 5.02. The molecule has 8 heteroatoms. The van der Waals surface area contributed by atoms with E-state index in [1.54, 1.807) is 18.2 Å².